The topological polar surface area (TPSA) is 64.3 Å². The average Bonchev–Trinajstić information content (AvgIpc) is 3.15. The molecule has 0 heterocycles. The first-order valence-electron chi connectivity index (χ1n) is 14.5. The summed E-state index contributed by atoms with van der Waals surface area (Å²) in [6.07, 6.45) is 16.5. The Morgan fingerprint density at radius 2 is 1.91 bits per heavy atom. The van der Waals surface area contributed by atoms with Gasteiger partial charge < -0.3 is 15.8 Å². The van der Waals surface area contributed by atoms with Crippen molar-refractivity contribution < 1.29 is 9.53 Å². The van der Waals surface area contributed by atoms with Crippen LogP contribution in [-0.2, 0) is 4.74 Å². The van der Waals surface area contributed by atoms with Gasteiger partial charge in [-0.1, -0.05) is 65.5 Å². The number of carbonyl (C=O) groups excluding carboxylic acids is 1. The van der Waals surface area contributed by atoms with Gasteiger partial charge in [-0.15, -0.1) is 0 Å². The number of amides is 1. The highest BCUT2D eigenvalue weighted by Crippen LogP contribution is 2.67. The van der Waals surface area contributed by atoms with Crippen LogP contribution in [0.5, 0.6) is 0 Å². The molecule has 0 aliphatic heterocycles. The van der Waals surface area contributed by atoms with Gasteiger partial charge in [0.1, 0.15) is 6.10 Å². The monoisotopic (exact) mass is 472 g/mol. The van der Waals surface area contributed by atoms with Crippen LogP contribution in [0.2, 0.25) is 0 Å². The summed E-state index contributed by atoms with van der Waals surface area (Å²) in [7, 11) is 0. The molecular weight excluding hydrogens is 420 g/mol. The quantitative estimate of drug-likeness (QED) is 0.371. The van der Waals surface area contributed by atoms with Crippen molar-refractivity contribution in [3.63, 3.8) is 0 Å². The van der Waals surface area contributed by atoms with Crippen molar-refractivity contribution in [2.24, 2.45) is 52.1 Å². The fraction of sp³-hybridized carbons (Fsp3) is 0.900. The summed E-state index contributed by atoms with van der Waals surface area (Å²) in [5, 5.41) is 2.76. The maximum absolute atomic E-state index is 12.1. The lowest BCUT2D eigenvalue weighted by Crippen LogP contribution is -2.51. The van der Waals surface area contributed by atoms with Gasteiger partial charge in [-0.05, 0) is 91.3 Å². The highest BCUT2D eigenvalue weighted by Gasteiger charge is 2.59. The molecule has 4 rings (SSSR count). The Hall–Kier alpha value is -1.03. The molecule has 4 nitrogen and oxygen atoms in total. The molecule has 4 aliphatic rings. The number of fused-ring (bicyclic) bond motifs is 5. The van der Waals surface area contributed by atoms with Crippen molar-refractivity contribution in [3.05, 3.63) is 11.6 Å². The van der Waals surface area contributed by atoms with Crippen molar-refractivity contribution >= 4 is 6.09 Å². The highest BCUT2D eigenvalue weighted by molar-refractivity contribution is 5.67. The van der Waals surface area contributed by atoms with E-state index in [1.165, 1.54) is 51.4 Å². The van der Waals surface area contributed by atoms with Gasteiger partial charge in [0, 0.05) is 19.5 Å². The minimum absolute atomic E-state index is 0.0186. The summed E-state index contributed by atoms with van der Waals surface area (Å²) >= 11 is 0. The second-order valence-corrected chi connectivity index (χ2v) is 13.3. The number of alkyl carbamates (subject to hydrolysis) is 1. The standard InChI is InChI=1S/C30H52N2O2/c1-20(2)7-6-8-21(3)25-11-12-26-24-10-9-22-19-23(34-28(33)32-18-17-31)13-15-29(22,4)27(24)14-16-30(25,26)5/h9,20-21,23-27H,6-8,10-19,31H2,1-5H3,(H,32,33)/t21-,23+,24?,25-,26?,27?,29+,30-/m1/s1. The van der Waals surface area contributed by atoms with E-state index < -0.39 is 0 Å². The molecule has 3 saturated carbocycles. The smallest absolute Gasteiger partial charge is 0.407 e. The minimum atomic E-state index is -0.304. The molecule has 4 aliphatic carbocycles. The zero-order valence-corrected chi connectivity index (χ0v) is 22.7. The SMILES string of the molecule is CC(C)CCC[C@@H](C)[C@H]1CCC2C3CC=C4C[C@@H](OC(=O)NCCN)CC[C@]4(C)C3CC[C@@]21C. The molecule has 3 fully saturated rings. The van der Waals surface area contributed by atoms with Crippen LogP contribution < -0.4 is 11.1 Å². The molecule has 0 saturated heterocycles. The first-order chi connectivity index (χ1) is 16.2. The van der Waals surface area contributed by atoms with Gasteiger partial charge in [0.25, 0.3) is 0 Å². The molecule has 0 aromatic heterocycles. The lowest BCUT2D eigenvalue weighted by molar-refractivity contribution is -0.0581. The number of hydrogen-bond donors (Lipinski definition) is 2. The number of nitrogens with two attached hydrogens (primary N) is 1. The van der Waals surface area contributed by atoms with Gasteiger partial charge >= 0.3 is 6.09 Å². The van der Waals surface area contributed by atoms with Crippen LogP contribution in [0, 0.1) is 46.3 Å². The normalized spacial score (nSPS) is 40.1. The molecule has 0 bridgehead atoms. The first kappa shape index (κ1) is 26.0. The van der Waals surface area contributed by atoms with E-state index in [1.54, 1.807) is 5.57 Å². The van der Waals surface area contributed by atoms with Crippen molar-refractivity contribution in [2.45, 2.75) is 111 Å². The fourth-order valence-electron chi connectivity index (χ4n) is 9.12. The Bertz CT molecular complexity index is 748. The molecule has 8 atom stereocenters. The number of carbonyl (C=O) groups is 1. The molecule has 3 N–H and O–H groups in total. The lowest BCUT2D eigenvalue weighted by atomic mass is 9.47. The summed E-state index contributed by atoms with van der Waals surface area (Å²) in [4.78, 5) is 12.1. The maximum atomic E-state index is 12.1. The molecule has 3 unspecified atom stereocenters. The number of nitrogens with one attached hydrogen (secondary N) is 1. The second-order valence-electron chi connectivity index (χ2n) is 13.3. The van der Waals surface area contributed by atoms with E-state index in [0.29, 0.717) is 23.9 Å². The van der Waals surface area contributed by atoms with Crippen molar-refractivity contribution in [1.82, 2.24) is 5.32 Å². The predicted octanol–water partition coefficient (Wildman–Crippen LogP) is 7.08. The Morgan fingerprint density at radius 3 is 2.65 bits per heavy atom. The van der Waals surface area contributed by atoms with Gasteiger partial charge in [0.15, 0.2) is 0 Å². The van der Waals surface area contributed by atoms with Gasteiger partial charge in [-0.2, -0.15) is 0 Å². The van der Waals surface area contributed by atoms with Gasteiger partial charge in [-0.3, -0.25) is 0 Å². The molecule has 1 amide bonds. The molecule has 0 radical (unpaired) electrons. The zero-order chi connectivity index (χ0) is 24.5. The summed E-state index contributed by atoms with van der Waals surface area (Å²) in [5.41, 5.74) is 7.93. The first-order valence-corrected chi connectivity index (χ1v) is 14.5. The van der Waals surface area contributed by atoms with E-state index >= 15 is 0 Å². The predicted molar refractivity (Wildman–Crippen MR) is 140 cm³/mol. The molecule has 0 aromatic carbocycles. The molecule has 194 valence electrons. The third-order valence-corrected chi connectivity index (χ3v) is 10.9. The average molecular weight is 473 g/mol. The Kier molecular flexibility index (Phi) is 8.06. The summed E-state index contributed by atoms with van der Waals surface area (Å²) in [6, 6.07) is 0. The summed E-state index contributed by atoms with van der Waals surface area (Å²) in [6.45, 7) is 13.4. The molecular formula is C30H52N2O2. The van der Waals surface area contributed by atoms with Crippen LogP contribution >= 0.6 is 0 Å². The number of ether oxygens (including phenoxy) is 1. The number of rotatable bonds is 8. The van der Waals surface area contributed by atoms with Gasteiger partial charge in [0.05, 0.1) is 0 Å². The van der Waals surface area contributed by atoms with Gasteiger partial charge in [-0.25, -0.2) is 4.79 Å². The Balaban J connectivity index is 1.41. The Morgan fingerprint density at radius 1 is 1.12 bits per heavy atom. The Labute approximate surface area is 209 Å². The highest BCUT2D eigenvalue weighted by atomic mass is 16.6. The van der Waals surface area contributed by atoms with Crippen molar-refractivity contribution in [1.29, 1.82) is 0 Å². The fourth-order valence-corrected chi connectivity index (χ4v) is 9.12. The van der Waals surface area contributed by atoms with Crippen molar-refractivity contribution in [2.75, 3.05) is 13.1 Å². The second kappa shape index (κ2) is 10.5. The third kappa shape index (κ3) is 4.95. The number of hydrogen-bond acceptors (Lipinski definition) is 3. The van der Waals surface area contributed by atoms with E-state index in [2.05, 4.69) is 46.0 Å². The van der Waals surface area contributed by atoms with Crippen LogP contribution in [0.4, 0.5) is 4.79 Å². The van der Waals surface area contributed by atoms with Crippen LogP contribution in [0.25, 0.3) is 0 Å². The number of allylic oxidation sites excluding steroid dienone is 1. The van der Waals surface area contributed by atoms with E-state index in [0.717, 1.165) is 54.8 Å². The van der Waals surface area contributed by atoms with Crippen LogP contribution in [0.1, 0.15) is 105 Å². The van der Waals surface area contributed by atoms with Crippen LogP contribution in [0.3, 0.4) is 0 Å². The maximum Gasteiger partial charge on any atom is 0.407 e. The van der Waals surface area contributed by atoms with Crippen LogP contribution in [-0.4, -0.2) is 25.3 Å². The van der Waals surface area contributed by atoms with Gasteiger partial charge in [0.2, 0.25) is 0 Å². The molecule has 0 spiro atoms. The molecule has 4 heteroatoms. The van der Waals surface area contributed by atoms with E-state index in [1.807, 2.05) is 0 Å². The van der Waals surface area contributed by atoms with E-state index in [9.17, 15) is 4.79 Å². The van der Waals surface area contributed by atoms with Crippen LogP contribution in [0.15, 0.2) is 11.6 Å². The molecule has 34 heavy (non-hydrogen) atoms. The zero-order valence-electron chi connectivity index (χ0n) is 22.7. The largest absolute Gasteiger partial charge is 0.446 e. The minimum Gasteiger partial charge on any atom is -0.446 e. The van der Waals surface area contributed by atoms with E-state index in [4.69, 9.17) is 10.5 Å². The summed E-state index contributed by atoms with van der Waals surface area (Å²) < 4.78 is 5.75. The van der Waals surface area contributed by atoms with Crippen molar-refractivity contribution in [3.8, 4) is 0 Å². The molecule has 0 aromatic rings. The van der Waals surface area contributed by atoms with E-state index in [-0.39, 0.29) is 12.2 Å². The third-order valence-electron chi connectivity index (χ3n) is 10.9. The lowest BCUT2D eigenvalue weighted by Gasteiger charge is -2.58. The summed E-state index contributed by atoms with van der Waals surface area (Å²) in [5.74, 6) is 5.18.